The Morgan fingerprint density at radius 1 is 0.800 bits per heavy atom. The minimum Gasteiger partial charge on any atom is -0.249 e. The van der Waals surface area contributed by atoms with Crippen LogP contribution < -0.4 is 0 Å². The molecule has 1 fully saturated rings. The molecule has 0 aromatic rings. The first-order valence-electron chi connectivity index (χ1n) is 2.15. The highest BCUT2D eigenvalue weighted by Crippen LogP contribution is 2.08. The van der Waals surface area contributed by atoms with Gasteiger partial charge in [-0.05, 0) is 0 Å². The average Bonchev–Trinajstić information content (AvgIpc) is 1.79. The third kappa shape index (κ3) is 1.90. The molecule has 1 saturated heterocycles. The molecule has 10 heavy (non-hydrogen) atoms. The molecule has 0 spiro atoms. The van der Waals surface area contributed by atoms with Crippen molar-refractivity contribution in [1.29, 1.82) is 0 Å². The van der Waals surface area contributed by atoms with Gasteiger partial charge in [0.05, 0.1) is 0 Å². The number of rotatable bonds is 0. The Balaban J connectivity index is 2.82. The zero-order chi connectivity index (χ0) is 7.83. The highest BCUT2D eigenvalue weighted by Gasteiger charge is 2.27. The van der Waals surface area contributed by atoms with Gasteiger partial charge in [0.2, 0.25) is 0 Å². The van der Waals surface area contributed by atoms with Crippen molar-refractivity contribution in [1.82, 2.24) is 0 Å². The lowest BCUT2D eigenvalue weighted by Crippen LogP contribution is -2.27. The van der Waals surface area contributed by atoms with E-state index < -0.39 is 32.1 Å². The summed E-state index contributed by atoms with van der Waals surface area (Å²) in [5, 5.41) is 0. The van der Waals surface area contributed by atoms with Gasteiger partial charge in [-0.15, -0.1) is 0 Å². The first-order chi connectivity index (χ1) is 4.41. The Morgan fingerprint density at radius 2 is 1.10 bits per heavy atom. The van der Waals surface area contributed by atoms with Gasteiger partial charge >= 0.3 is 0 Å². The maximum Gasteiger partial charge on any atom is 0.294 e. The van der Waals surface area contributed by atoms with Crippen LogP contribution in [0.3, 0.4) is 0 Å². The summed E-state index contributed by atoms with van der Waals surface area (Å²) in [4.78, 5) is 0. The summed E-state index contributed by atoms with van der Waals surface area (Å²) in [5.41, 5.74) is 0. The molecule has 0 bridgehead atoms. The fraction of sp³-hybridized carbons (Fsp3) is 1.00. The molecule has 8 heteroatoms. The maximum atomic E-state index is 10.3. The van der Waals surface area contributed by atoms with E-state index in [4.69, 9.17) is 0 Å². The second-order valence-electron chi connectivity index (χ2n) is 1.59. The minimum absolute atomic E-state index is 0.921. The zero-order valence-corrected chi connectivity index (χ0v) is 6.31. The van der Waals surface area contributed by atoms with Gasteiger partial charge in [0.15, 0.2) is 11.9 Å². The van der Waals surface area contributed by atoms with Crippen LogP contribution in [0.4, 0.5) is 0 Å². The Morgan fingerprint density at radius 3 is 1.30 bits per heavy atom. The van der Waals surface area contributed by atoms with Crippen LogP contribution in [-0.2, 0) is 28.6 Å². The second-order valence-corrected chi connectivity index (χ2v) is 4.76. The van der Waals surface area contributed by atoms with Crippen LogP contribution in [-0.4, -0.2) is 28.7 Å². The van der Waals surface area contributed by atoms with Crippen molar-refractivity contribution in [3.8, 4) is 0 Å². The van der Waals surface area contributed by atoms with Gasteiger partial charge in [-0.25, -0.2) is 8.37 Å². The summed E-state index contributed by atoms with van der Waals surface area (Å²) < 4.78 is 49.2. The molecule has 1 aliphatic heterocycles. The van der Waals surface area contributed by atoms with E-state index in [9.17, 15) is 16.8 Å². The van der Waals surface area contributed by atoms with E-state index in [2.05, 4.69) is 8.37 Å². The normalized spacial score (nSPS) is 29.6. The molecule has 0 aliphatic carbocycles. The maximum absolute atomic E-state index is 10.3. The molecule has 1 rings (SSSR count). The van der Waals surface area contributed by atoms with Crippen LogP contribution in [0.15, 0.2) is 0 Å². The molecular weight excluding hydrogens is 184 g/mol. The molecule has 1 heterocycles. The summed E-state index contributed by atoms with van der Waals surface area (Å²) in [7, 11) is -7.51. The van der Waals surface area contributed by atoms with Crippen LogP contribution in [0.5, 0.6) is 0 Å². The third-order valence-corrected chi connectivity index (χ3v) is 2.81. The lowest BCUT2D eigenvalue weighted by molar-refractivity contribution is 0.268. The first-order valence-corrected chi connectivity index (χ1v) is 5.31. The van der Waals surface area contributed by atoms with Crippen molar-refractivity contribution >= 4 is 20.2 Å². The average molecular weight is 188 g/mol. The van der Waals surface area contributed by atoms with E-state index in [0.29, 0.717) is 0 Å². The molecule has 0 radical (unpaired) electrons. The Labute approximate surface area is 58.0 Å². The largest absolute Gasteiger partial charge is 0.294 e. The molecule has 0 aromatic carbocycles. The second kappa shape index (κ2) is 2.16. The Kier molecular flexibility index (Phi) is 1.71. The quantitative estimate of drug-likeness (QED) is 0.435. The van der Waals surface area contributed by atoms with E-state index >= 15 is 0 Å². The summed E-state index contributed by atoms with van der Waals surface area (Å²) in [5.74, 6) is -1.84. The molecule has 1 aliphatic rings. The number of hydrogen-bond acceptors (Lipinski definition) is 6. The van der Waals surface area contributed by atoms with Crippen LogP contribution in [0, 0.1) is 0 Å². The van der Waals surface area contributed by atoms with Gasteiger partial charge in [-0.3, -0.25) is 0 Å². The molecular formula is C2H4O6S2. The SMILES string of the molecule is O=S1(=O)COS(=O)(=O)CO1. The smallest absolute Gasteiger partial charge is 0.249 e. The predicted molar refractivity (Wildman–Crippen MR) is 29.7 cm³/mol. The highest BCUT2D eigenvalue weighted by atomic mass is 32.2. The highest BCUT2D eigenvalue weighted by molar-refractivity contribution is 7.92. The van der Waals surface area contributed by atoms with E-state index in [1.165, 1.54) is 0 Å². The van der Waals surface area contributed by atoms with Crippen molar-refractivity contribution in [2.24, 2.45) is 0 Å². The number of hydrogen-bond donors (Lipinski definition) is 0. The lowest BCUT2D eigenvalue weighted by Gasteiger charge is -2.11. The van der Waals surface area contributed by atoms with Gasteiger partial charge in [0.1, 0.15) is 0 Å². The molecule has 0 N–H and O–H groups in total. The van der Waals surface area contributed by atoms with Crippen LogP contribution in [0.25, 0.3) is 0 Å². The van der Waals surface area contributed by atoms with Crippen LogP contribution >= 0.6 is 0 Å². The molecule has 60 valence electrons. The summed E-state index contributed by atoms with van der Waals surface area (Å²) >= 11 is 0. The molecule has 0 unspecified atom stereocenters. The van der Waals surface area contributed by atoms with Crippen molar-refractivity contribution in [3.63, 3.8) is 0 Å². The summed E-state index contributed by atoms with van der Waals surface area (Å²) in [6.07, 6.45) is 0. The van der Waals surface area contributed by atoms with E-state index in [1.54, 1.807) is 0 Å². The van der Waals surface area contributed by atoms with Crippen molar-refractivity contribution < 1.29 is 25.2 Å². The molecule has 0 aromatic heterocycles. The summed E-state index contributed by atoms with van der Waals surface area (Å²) in [6, 6.07) is 0. The minimum atomic E-state index is -3.76. The van der Waals surface area contributed by atoms with E-state index in [1.807, 2.05) is 0 Å². The predicted octanol–water partition coefficient (Wildman–Crippen LogP) is -1.39. The van der Waals surface area contributed by atoms with Crippen LogP contribution in [0.1, 0.15) is 0 Å². The molecule has 6 nitrogen and oxygen atoms in total. The molecule has 0 amide bonds. The topological polar surface area (TPSA) is 86.7 Å². The zero-order valence-electron chi connectivity index (χ0n) is 4.68. The fourth-order valence-corrected chi connectivity index (χ4v) is 2.58. The fourth-order valence-electron chi connectivity index (χ4n) is 0.333. The molecule has 0 atom stereocenters. The lowest BCUT2D eigenvalue weighted by atomic mass is 11.7. The van der Waals surface area contributed by atoms with E-state index in [-0.39, 0.29) is 0 Å². The van der Waals surface area contributed by atoms with Crippen molar-refractivity contribution in [2.75, 3.05) is 11.9 Å². The standard InChI is InChI=1S/C2H4O6S2/c3-9(4)1-7-10(5,6)2-8-9/h1-2H2. The van der Waals surface area contributed by atoms with Gasteiger partial charge in [0.25, 0.3) is 20.2 Å². The Hall–Kier alpha value is -0.180. The first kappa shape index (κ1) is 7.92. The van der Waals surface area contributed by atoms with Gasteiger partial charge in [-0.2, -0.15) is 16.8 Å². The van der Waals surface area contributed by atoms with Gasteiger partial charge in [0, 0.05) is 0 Å². The van der Waals surface area contributed by atoms with Crippen molar-refractivity contribution in [2.45, 2.75) is 0 Å². The Bertz CT molecular complexity index is 254. The van der Waals surface area contributed by atoms with Gasteiger partial charge < -0.3 is 0 Å². The van der Waals surface area contributed by atoms with Gasteiger partial charge in [-0.1, -0.05) is 0 Å². The summed E-state index contributed by atoms with van der Waals surface area (Å²) in [6.45, 7) is 0. The monoisotopic (exact) mass is 188 g/mol. The molecule has 0 saturated carbocycles. The van der Waals surface area contributed by atoms with E-state index in [0.717, 1.165) is 0 Å². The van der Waals surface area contributed by atoms with Crippen molar-refractivity contribution in [3.05, 3.63) is 0 Å². The third-order valence-electron chi connectivity index (χ3n) is 0.744. The van der Waals surface area contributed by atoms with Crippen LogP contribution in [0.2, 0.25) is 0 Å².